The summed E-state index contributed by atoms with van der Waals surface area (Å²) in [6.07, 6.45) is 1.000. The van der Waals surface area contributed by atoms with Gasteiger partial charge in [-0.3, -0.25) is 4.79 Å². The first-order chi connectivity index (χ1) is 7.06. The van der Waals surface area contributed by atoms with Gasteiger partial charge in [0.1, 0.15) is 6.61 Å². The third-order valence-corrected chi connectivity index (χ3v) is 3.17. The third-order valence-electron chi connectivity index (χ3n) is 3.17. The van der Waals surface area contributed by atoms with Gasteiger partial charge in [0.05, 0.1) is 6.54 Å². The summed E-state index contributed by atoms with van der Waals surface area (Å²) in [5.74, 6) is 0.716. The van der Waals surface area contributed by atoms with Gasteiger partial charge in [-0.2, -0.15) is 0 Å². The molecule has 0 saturated carbocycles. The van der Waals surface area contributed by atoms with E-state index in [9.17, 15) is 9.59 Å². The molecule has 86 valence electrons. The van der Waals surface area contributed by atoms with Crippen LogP contribution in [-0.2, 0) is 9.53 Å². The van der Waals surface area contributed by atoms with Gasteiger partial charge >= 0.3 is 6.09 Å². The van der Waals surface area contributed by atoms with E-state index in [2.05, 4.69) is 13.8 Å². The largest absolute Gasteiger partial charge is 0.447 e. The molecule has 0 aromatic heterocycles. The molecule has 0 spiro atoms. The number of hydrogen-bond acceptors (Lipinski definition) is 3. The first-order valence-electron chi connectivity index (χ1n) is 5.53. The first kappa shape index (κ1) is 12.0. The average Bonchev–Trinajstić information content (AvgIpc) is 2.63. The fourth-order valence-corrected chi connectivity index (χ4v) is 1.61. The average molecular weight is 213 g/mol. The zero-order valence-corrected chi connectivity index (χ0v) is 9.66. The number of rotatable bonds is 4. The fourth-order valence-electron chi connectivity index (χ4n) is 1.61. The molecule has 0 aliphatic carbocycles. The van der Waals surface area contributed by atoms with Crippen LogP contribution in [0.2, 0.25) is 0 Å². The monoisotopic (exact) mass is 213 g/mol. The number of hydrogen-bond donors (Lipinski definition) is 0. The summed E-state index contributed by atoms with van der Waals surface area (Å²) in [7, 11) is 0. The molecule has 1 rings (SSSR count). The predicted molar refractivity (Wildman–Crippen MR) is 56.3 cm³/mol. The summed E-state index contributed by atoms with van der Waals surface area (Å²) in [5.41, 5.74) is 0. The minimum Gasteiger partial charge on any atom is -0.447 e. The Bertz CT molecular complexity index is 252. The molecule has 15 heavy (non-hydrogen) atoms. The molecule has 2 amide bonds. The Morgan fingerprint density at radius 2 is 2.13 bits per heavy atom. The quantitative estimate of drug-likeness (QED) is 0.718. The van der Waals surface area contributed by atoms with Crippen LogP contribution in [0.3, 0.4) is 0 Å². The highest BCUT2D eigenvalue weighted by Crippen LogP contribution is 2.20. The van der Waals surface area contributed by atoms with Crippen molar-refractivity contribution in [3.05, 3.63) is 0 Å². The molecular formula is C11H19NO3. The van der Waals surface area contributed by atoms with Crippen molar-refractivity contribution in [1.29, 1.82) is 0 Å². The standard InChI is InChI=1S/C11H19NO3/c1-4-8(2)9(3)7-10(13)12-5-6-15-11(12)14/h8-9H,4-7H2,1-3H3. The van der Waals surface area contributed by atoms with Gasteiger partial charge in [0.25, 0.3) is 0 Å². The van der Waals surface area contributed by atoms with Crippen molar-refractivity contribution in [1.82, 2.24) is 4.90 Å². The van der Waals surface area contributed by atoms with Crippen molar-refractivity contribution in [2.24, 2.45) is 11.8 Å². The van der Waals surface area contributed by atoms with Gasteiger partial charge in [-0.05, 0) is 11.8 Å². The van der Waals surface area contributed by atoms with E-state index >= 15 is 0 Å². The maximum Gasteiger partial charge on any atom is 0.416 e. The summed E-state index contributed by atoms with van der Waals surface area (Å²) in [6.45, 7) is 7.02. The van der Waals surface area contributed by atoms with Crippen molar-refractivity contribution < 1.29 is 14.3 Å². The fraction of sp³-hybridized carbons (Fsp3) is 0.818. The second kappa shape index (κ2) is 5.14. The van der Waals surface area contributed by atoms with Gasteiger partial charge in [0.2, 0.25) is 5.91 Å². The highest BCUT2D eigenvalue weighted by molar-refractivity contribution is 5.92. The molecule has 1 saturated heterocycles. The normalized spacial score (nSPS) is 19.9. The zero-order chi connectivity index (χ0) is 11.4. The molecule has 0 aromatic carbocycles. The van der Waals surface area contributed by atoms with Crippen LogP contribution >= 0.6 is 0 Å². The molecule has 0 aromatic rings. The Hall–Kier alpha value is -1.06. The maximum atomic E-state index is 11.7. The van der Waals surface area contributed by atoms with Crippen molar-refractivity contribution >= 4 is 12.0 Å². The van der Waals surface area contributed by atoms with Gasteiger partial charge in [-0.15, -0.1) is 0 Å². The van der Waals surface area contributed by atoms with Crippen LogP contribution in [0.5, 0.6) is 0 Å². The molecule has 4 nitrogen and oxygen atoms in total. The molecule has 2 unspecified atom stereocenters. The van der Waals surface area contributed by atoms with Crippen LogP contribution in [0.1, 0.15) is 33.6 Å². The van der Waals surface area contributed by atoms with E-state index in [1.54, 1.807) is 0 Å². The molecule has 0 bridgehead atoms. The van der Waals surface area contributed by atoms with E-state index in [-0.39, 0.29) is 5.91 Å². The van der Waals surface area contributed by atoms with Crippen LogP contribution in [0, 0.1) is 11.8 Å². The number of carbonyl (C=O) groups is 2. The molecule has 1 fully saturated rings. The maximum absolute atomic E-state index is 11.7. The van der Waals surface area contributed by atoms with Crippen molar-refractivity contribution in [3.63, 3.8) is 0 Å². The van der Waals surface area contributed by atoms with Crippen molar-refractivity contribution in [2.45, 2.75) is 33.6 Å². The van der Waals surface area contributed by atoms with Gasteiger partial charge in [0, 0.05) is 6.42 Å². The summed E-state index contributed by atoms with van der Waals surface area (Å²) in [5, 5.41) is 0. The molecule has 1 heterocycles. The summed E-state index contributed by atoms with van der Waals surface area (Å²) >= 11 is 0. The van der Waals surface area contributed by atoms with Gasteiger partial charge < -0.3 is 4.74 Å². The van der Waals surface area contributed by atoms with Gasteiger partial charge in [-0.1, -0.05) is 27.2 Å². The summed E-state index contributed by atoms with van der Waals surface area (Å²) < 4.78 is 4.72. The number of ether oxygens (including phenoxy) is 1. The smallest absolute Gasteiger partial charge is 0.416 e. The number of imide groups is 1. The lowest BCUT2D eigenvalue weighted by Gasteiger charge is -2.19. The molecule has 2 atom stereocenters. The lowest BCUT2D eigenvalue weighted by atomic mass is 9.90. The number of nitrogens with zero attached hydrogens (tertiary/aromatic N) is 1. The van der Waals surface area contributed by atoms with Crippen LogP contribution in [0.15, 0.2) is 0 Å². The Labute approximate surface area is 90.6 Å². The van der Waals surface area contributed by atoms with Crippen LogP contribution in [0.4, 0.5) is 4.79 Å². The Kier molecular flexibility index (Phi) is 4.12. The predicted octanol–water partition coefficient (Wildman–Crippen LogP) is 2.04. The first-order valence-corrected chi connectivity index (χ1v) is 5.53. The Morgan fingerprint density at radius 1 is 1.47 bits per heavy atom. The van der Waals surface area contributed by atoms with Crippen molar-refractivity contribution in [2.75, 3.05) is 13.2 Å². The van der Waals surface area contributed by atoms with Crippen LogP contribution in [-0.4, -0.2) is 30.1 Å². The zero-order valence-electron chi connectivity index (χ0n) is 9.66. The molecule has 0 N–H and O–H groups in total. The number of cyclic esters (lactones) is 1. The number of carbonyl (C=O) groups excluding carboxylic acids is 2. The second-order valence-electron chi connectivity index (χ2n) is 4.23. The van der Waals surface area contributed by atoms with E-state index in [1.807, 2.05) is 6.92 Å². The van der Waals surface area contributed by atoms with Gasteiger partial charge in [0.15, 0.2) is 0 Å². The minimum atomic E-state index is -0.489. The lowest BCUT2D eigenvalue weighted by molar-refractivity contribution is -0.129. The molecule has 1 aliphatic heterocycles. The SMILES string of the molecule is CCC(C)C(C)CC(=O)N1CCOC1=O. The van der Waals surface area contributed by atoms with E-state index in [4.69, 9.17) is 4.74 Å². The van der Waals surface area contributed by atoms with E-state index in [0.717, 1.165) is 6.42 Å². The van der Waals surface area contributed by atoms with E-state index < -0.39 is 6.09 Å². The summed E-state index contributed by atoms with van der Waals surface area (Å²) in [6, 6.07) is 0. The van der Waals surface area contributed by atoms with Crippen LogP contribution in [0.25, 0.3) is 0 Å². The topological polar surface area (TPSA) is 46.6 Å². The van der Waals surface area contributed by atoms with Crippen LogP contribution < -0.4 is 0 Å². The highest BCUT2D eigenvalue weighted by atomic mass is 16.6. The molecule has 0 radical (unpaired) electrons. The Balaban J connectivity index is 2.44. The third kappa shape index (κ3) is 2.94. The molecular weight excluding hydrogens is 194 g/mol. The minimum absolute atomic E-state index is 0.106. The molecule has 1 aliphatic rings. The second-order valence-corrected chi connectivity index (χ2v) is 4.23. The van der Waals surface area contributed by atoms with Gasteiger partial charge in [-0.25, -0.2) is 9.69 Å². The van der Waals surface area contributed by atoms with E-state index in [0.29, 0.717) is 31.4 Å². The highest BCUT2D eigenvalue weighted by Gasteiger charge is 2.29. The molecule has 4 heteroatoms. The van der Waals surface area contributed by atoms with Crippen molar-refractivity contribution in [3.8, 4) is 0 Å². The number of amides is 2. The van der Waals surface area contributed by atoms with E-state index in [1.165, 1.54) is 4.90 Å². The Morgan fingerprint density at radius 3 is 2.60 bits per heavy atom. The summed E-state index contributed by atoms with van der Waals surface area (Å²) in [4.78, 5) is 24.0. The lowest BCUT2D eigenvalue weighted by Crippen LogP contribution is -2.33.